The summed E-state index contributed by atoms with van der Waals surface area (Å²) in [5.74, 6) is 7.88. The summed E-state index contributed by atoms with van der Waals surface area (Å²) in [6, 6.07) is 6.37. The molecule has 4 rings (SSSR count). The van der Waals surface area contributed by atoms with Crippen LogP contribution in [0.15, 0.2) is 24.4 Å². The molecule has 0 bridgehead atoms. The third-order valence-electron chi connectivity index (χ3n) is 4.83. The van der Waals surface area contributed by atoms with Gasteiger partial charge in [0.25, 0.3) is 0 Å². The van der Waals surface area contributed by atoms with Gasteiger partial charge in [0.15, 0.2) is 0 Å². The summed E-state index contributed by atoms with van der Waals surface area (Å²) in [4.78, 5) is 0. The zero-order chi connectivity index (χ0) is 16.4. The normalized spacial score (nSPS) is 18.2. The Balaban J connectivity index is 1.48. The van der Waals surface area contributed by atoms with Crippen LogP contribution in [0.4, 0.5) is 0 Å². The van der Waals surface area contributed by atoms with Gasteiger partial charge in [-0.1, -0.05) is 23.1 Å². The van der Waals surface area contributed by atoms with Crippen molar-refractivity contribution in [3.8, 4) is 23.1 Å². The van der Waals surface area contributed by atoms with Crippen molar-refractivity contribution in [1.29, 1.82) is 0 Å². The topological polar surface area (TPSA) is 39.9 Å². The zero-order valence-electron chi connectivity index (χ0n) is 14.2. The predicted octanol–water partition coefficient (Wildman–Crippen LogP) is 3.44. The van der Waals surface area contributed by atoms with Crippen LogP contribution < -0.4 is 0 Å². The molecule has 24 heavy (non-hydrogen) atoms. The van der Waals surface area contributed by atoms with Gasteiger partial charge in [-0.2, -0.15) is 0 Å². The summed E-state index contributed by atoms with van der Waals surface area (Å²) >= 11 is 0. The van der Waals surface area contributed by atoms with Gasteiger partial charge in [0, 0.05) is 36.8 Å². The summed E-state index contributed by atoms with van der Waals surface area (Å²) in [5.41, 5.74) is 4.39. The fourth-order valence-electron chi connectivity index (χ4n) is 3.15. The molecule has 1 aromatic heterocycles. The molecule has 1 aromatic carbocycles. The van der Waals surface area contributed by atoms with Gasteiger partial charge >= 0.3 is 0 Å². The van der Waals surface area contributed by atoms with Crippen molar-refractivity contribution in [3.63, 3.8) is 0 Å². The number of ether oxygens (including phenoxy) is 1. The minimum atomic E-state index is 0.634. The zero-order valence-corrected chi connectivity index (χ0v) is 14.2. The number of rotatable bonds is 3. The van der Waals surface area contributed by atoms with Gasteiger partial charge in [0.05, 0.1) is 6.20 Å². The Morgan fingerprint density at radius 1 is 1.21 bits per heavy atom. The molecule has 2 heterocycles. The first kappa shape index (κ1) is 15.4. The molecule has 0 N–H and O–H groups in total. The summed E-state index contributed by atoms with van der Waals surface area (Å²) < 4.78 is 7.40. The van der Waals surface area contributed by atoms with Crippen molar-refractivity contribution < 1.29 is 4.74 Å². The highest BCUT2D eigenvalue weighted by Crippen LogP contribution is 2.28. The second-order valence-electron chi connectivity index (χ2n) is 6.95. The smallest absolute Gasteiger partial charge is 0.113 e. The Hall–Kier alpha value is -2.12. The highest BCUT2D eigenvalue weighted by atomic mass is 16.5. The maximum Gasteiger partial charge on any atom is 0.113 e. The van der Waals surface area contributed by atoms with Crippen LogP contribution in [0.2, 0.25) is 0 Å². The average molecular weight is 321 g/mol. The third-order valence-corrected chi connectivity index (χ3v) is 4.83. The van der Waals surface area contributed by atoms with Crippen LogP contribution in [0, 0.1) is 30.6 Å². The van der Waals surface area contributed by atoms with Gasteiger partial charge in [0.2, 0.25) is 0 Å². The van der Waals surface area contributed by atoms with E-state index in [-0.39, 0.29) is 0 Å². The first-order valence-electron chi connectivity index (χ1n) is 8.88. The van der Waals surface area contributed by atoms with E-state index in [0.29, 0.717) is 11.8 Å². The number of benzene rings is 1. The van der Waals surface area contributed by atoms with Gasteiger partial charge in [0.1, 0.15) is 5.69 Å². The second-order valence-corrected chi connectivity index (χ2v) is 6.95. The van der Waals surface area contributed by atoms with Gasteiger partial charge in [-0.15, -0.1) is 5.10 Å². The average Bonchev–Trinajstić information content (AvgIpc) is 3.32. The second kappa shape index (κ2) is 6.78. The molecule has 0 spiro atoms. The van der Waals surface area contributed by atoms with Gasteiger partial charge < -0.3 is 4.74 Å². The molecule has 0 amide bonds. The molecule has 2 aromatic rings. The number of nitrogens with zero attached hydrogens (tertiary/aromatic N) is 3. The van der Waals surface area contributed by atoms with Crippen molar-refractivity contribution in [2.45, 2.75) is 39.2 Å². The number of aromatic nitrogens is 3. The first-order valence-corrected chi connectivity index (χ1v) is 8.88. The Bertz CT molecular complexity index is 774. The fourth-order valence-corrected chi connectivity index (χ4v) is 3.15. The molecule has 0 atom stereocenters. The molecule has 2 fully saturated rings. The summed E-state index contributed by atoms with van der Waals surface area (Å²) in [6.45, 7) is 4.79. The lowest BCUT2D eigenvalue weighted by Gasteiger charge is -2.21. The van der Waals surface area contributed by atoms with Crippen LogP contribution in [0.25, 0.3) is 11.3 Å². The van der Waals surface area contributed by atoms with E-state index >= 15 is 0 Å². The molecule has 1 aliphatic heterocycles. The maximum atomic E-state index is 5.42. The minimum Gasteiger partial charge on any atom is -0.381 e. The molecule has 2 aliphatic rings. The predicted molar refractivity (Wildman–Crippen MR) is 93.3 cm³/mol. The summed E-state index contributed by atoms with van der Waals surface area (Å²) in [6.07, 6.45) is 6.82. The monoisotopic (exact) mass is 321 g/mol. The Morgan fingerprint density at radius 2 is 2.04 bits per heavy atom. The molecule has 1 saturated heterocycles. The van der Waals surface area contributed by atoms with Gasteiger partial charge in [-0.3, -0.25) is 4.68 Å². The van der Waals surface area contributed by atoms with Crippen LogP contribution in [0.1, 0.15) is 36.8 Å². The number of hydrogen-bond donors (Lipinski definition) is 0. The molecule has 1 saturated carbocycles. The third kappa shape index (κ3) is 3.68. The molecular weight excluding hydrogens is 298 g/mol. The van der Waals surface area contributed by atoms with E-state index in [0.717, 1.165) is 49.4 Å². The minimum absolute atomic E-state index is 0.634. The van der Waals surface area contributed by atoms with E-state index in [9.17, 15) is 0 Å². The maximum absolute atomic E-state index is 5.42. The van der Waals surface area contributed by atoms with Crippen molar-refractivity contribution >= 4 is 0 Å². The quantitative estimate of drug-likeness (QED) is 0.813. The standard InChI is InChI=1S/C20H23N3O/c1-15-12-17(5-4-16-2-3-16)6-7-19(15)20-14-23(22-21-20)13-18-8-10-24-11-9-18/h6-7,12,14,16,18H,2-3,8-11,13H2,1H3. The van der Waals surface area contributed by atoms with Crippen LogP contribution in [0.3, 0.4) is 0 Å². The Morgan fingerprint density at radius 3 is 2.79 bits per heavy atom. The molecule has 1 aliphatic carbocycles. The SMILES string of the molecule is Cc1cc(C#CC2CC2)ccc1-c1cn(CC2CCOCC2)nn1. The number of hydrogen-bond acceptors (Lipinski definition) is 3. The highest BCUT2D eigenvalue weighted by Gasteiger charge is 2.18. The number of aryl methyl sites for hydroxylation is 1. The van der Waals surface area contributed by atoms with Gasteiger partial charge in [-0.05, 0) is 56.2 Å². The van der Waals surface area contributed by atoms with Crippen LogP contribution in [0.5, 0.6) is 0 Å². The molecule has 124 valence electrons. The lowest BCUT2D eigenvalue weighted by Crippen LogP contribution is -2.20. The Kier molecular flexibility index (Phi) is 4.36. The van der Waals surface area contributed by atoms with Crippen molar-refractivity contribution in [3.05, 3.63) is 35.5 Å². The molecule has 4 nitrogen and oxygen atoms in total. The van der Waals surface area contributed by atoms with E-state index < -0.39 is 0 Å². The Labute approximate surface area is 143 Å². The van der Waals surface area contributed by atoms with Crippen molar-refractivity contribution in [1.82, 2.24) is 15.0 Å². The van der Waals surface area contributed by atoms with Gasteiger partial charge in [-0.25, -0.2) is 0 Å². The van der Waals surface area contributed by atoms with E-state index in [4.69, 9.17) is 4.74 Å². The lowest BCUT2D eigenvalue weighted by molar-refractivity contribution is 0.0600. The van der Waals surface area contributed by atoms with E-state index in [1.54, 1.807) is 0 Å². The van der Waals surface area contributed by atoms with Crippen molar-refractivity contribution in [2.24, 2.45) is 11.8 Å². The highest BCUT2D eigenvalue weighted by molar-refractivity contribution is 5.64. The van der Waals surface area contributed by atoms with E-state index in [2.05, 4.69) is 53.5 Å². The van der Waals surface area contributed by atoms with E-state index in [1.165, 1.54) is 18.4 Å². The molecule has 0 unspecified atom stereocenters. The van der Waals surface area contributed by atoms with Crippen LogP contribution in [-0.4, -0.2) is 28.2 Å². The van der Waals surface area contributed by atoms with Crippen LogP contribution in [-0.2, 0) is 11.3 Å². The van der Waals surface area contributed by atoms with E-state index in [1.807, 2.05) is 4.68 Å². The molecular formula is C20H23N3O. The summed E-state index contributed by atoms with van der Waals surface area (Å²) in [7, 11) is 0. The molecule has 4 heteroatoms. The fraction of sp³-hybridized carbons (Fsp3) is 0.500. The lowest BCUT2D eigenvalue weighted by atomic mass is 10.0. The summed E-state index contributed by atoms with van der Waals surface area (Å²) in [5, 5.41) is 8.69. The van der Waals surface area contributed by atoms with Crippen molar-refractivity contribution in [2.75, 3.05) is 13.2 Å². The molecule has 0 radical (unpaired) electrons. The first-order chi connectivity index (χ1) is 11.8. The largest absolute Gasteiger partial charge is 0.381 e. The van der Waals surface area contributed by atoms with Crippen LogP contribution >= 0.6 is 0 Å².